The van der Waals surface area contributed by atoms with Gasteiger partial charge in [-0.1, -0.05) is 66.7 Å². The molecule has 5 nitrogen and oxygen atoms in total. The molecule has 5 heteroatoms. The molecule has 8 aromatic rings. The number of hydrogen-bond acceptors (Lipinski definition) is 2. The molecule has 0 N–H and O–H groups in total. The van der Waals surface area contributed by atoms with Gasteiger partial charge in [0, 0.05) is 10.8 Å². The third-order valence-electron chi connectivity index (χ3n) is 7.30. The Labute approximate surface area is 211 Å². The monoisotopic (exact) mass is 473 g/mol. The van der Waals surface area contributed by atoms with Gasteiger partial charge < -0.3 is 4.57 Å². The molecule has 0 amide bonds. The number of imidazole rings is 2. The van der Waals surface area contributed by atoms with Crippen LogP contribution >= 0.6 is 0 Å². The average molecular weight is 474 g/mol. The zero-order valence-corrected chi connectivity index (χ0v) is 19.7. The van der Waals surface area contributed by atoms with Crippen LogP contribution in [0.25, 0.3) is 61.0 Å². The molecule has 37 heavy (non-hydrogen) atoms. The van der Waals surface area contributed by atoms with Crippen LogP contribution in [0, 0.1) is 11.3 Å². The fourth-order valence-electron chi connectivity index (χ4n) is 5.79. The first kappa shape index (κ1) is 19.9. The maximum Gasteiger partial charge on any atom is 0.220 e. The Morgan fingerprint density at radius 2 is 1.05 bits per heavy atom. The SMILES string of the molecule is N#Cc1c(-n2c3ccccc3c3ccccc32)cccc1-n1c2ccccc2n2c3ccccc3nc12. The third-order valence-corrected chi connectivity index (χ3v) is 7.30. The van der Waals surface area contributed by atoms with Gasteiger partial charge in [0.05, 0.1) is 44.5 Å². The van der Waals surface area contributed by atoms with Crippen LogP contribution in [0.5, 0.6) is 0 Å². The number of fused-ring (bicyclic) bond motifs is 8. The van der Waals surface area contributed by atoms with Gasteiger partial charge in [-0.15, -0.1) is 0 Å². The second kappa shape index (κ2) is 7.33. The predicted molar refractivity (Wildman–Crippen MR) is 149 cm³/mol. The summed E-state index contributed by atoms with van der Waals surface area (Å²) in [7, 11) is 0. The lowest BCUT2D eigenvalue weighted by Gasteiger charge is -2.14. The molecule has 3 heterocycles. The molecule has 5 aromatic carbocycles. The van der Waals surface area contributed by atoms with E-state index < -0.39 is 0 Å². The largest absolute Gasteiger partial charge is 0.308 e. The number of benzene rings is 5. The molecule has 0 fully saturated rings. The van der Waals surface area contributed by atoms with Gasteiger partial charge in [-0.05, 0) is 48.5 Å². The Balaban J connectivity index is 1.52. The van der Waals surface area contributed by atoms with E-state index >= 15 is 0 Å². The summed E-state index contributed by atoms with van der Waals surface area (Å²) in [4.78, 5) is 5.01. The zero-order valence-electron chi connectivity index (χ0n) is 19.7. The first-order chi connectivity index (χ1) is 18.3. The summed E-state index contributed by atoms with van der Waals surface area (Å²) in [5.74, 6) is 0.790. The summed E-state index contributed by atoms with van der Waals surface area (Å²) in [6.45, 7) is 0. The summed E-state index contributed by atoms with van der Waals surface area (Å²) in [5, 5.41) is 13.0. The van der Waals surface area contributed by atoms with E-state index in [1.807, 2.05) is 60.7 Å². The predicted octanol–water partition coefficient (Wildman–Crippen LogP) is 7.40. The molecule has 0 radical (unpaired) electrons. The van der Waals surface area contributed by atoms with Gasteiger partial charge in [-0.3, -0.25) is 8.97 Å². The zero-order chi connectivity index (χ0) is 24.5. The Morgan fingerprint density at radius 1 is 0.514 bits per heavy atom. The van der Waals surface area contributed by atoms with Crippen molar-refractivity contribution in [1.82, 2.24) is 18.5 Å². The van der Waals surface area contributed by atoms with Gasteiger partial charge in [0.1, 0.15) is 11.6 Å². The van der Waals surface area contributed by atoms with Gasteiger partial charge in [0.15, 0.2) is 0 Å². The van der Waals surface area contributed by atoms with E-state index in [-0.39, 0.29) is 0 Å². The number of hydrogen-bond donors (Lipinski definition) is 0. The topological polar surface area (TPSA) is 51.0 Å². The first-order valence-corrected chi connectivity index (χ1v) is 12.2. The van der Waals surface area contributed by atoms with E-state index in [9.17, 15) is 5.26 Å². The number of rotatable bonds is 2. The van der Waals surface area contributed by atoms with Crippen LogP contribution in [-0.4, -0.2) is 18.5 Å². The van der Waals surface area contributed by atoms with Gasteiger partial charge >= 0.3 is 0 Å². The van der Waals surface area contributed by atoms with E-state index in [0.717, 1.165) is 50.3 Å². The van der Waals surface area contributed by atoms with Gasteiger partial charge in [-0.2, -0.15) is 5.26 Å². The molecule has 172 valence electrons. The lowest BCUT2D eigenvalue weighted by Crippen LogP contribution is -2.04. The quantitative estimate of drug-likeness (QED) is 0.263. The van der Waals surface area contributed by atoms with Crippen LogP contribution in [0.2, 0.25) is 0 Å². The molecule has 0 bridgehead atoms. The molecule has 0 spiro atoms. The van der Waals surface area contributed by atoms with Crippen molar-refractivity contribution >= 4 is 49.7 Å². The first-order valence-electron chi connectivity index (χ1n) is 12.2. The van der Waals surface area contributed by atoms with Crippen molar-refractivity contribution in [2.24, 2.45) is 0 Å². The molecule has 0 aliphatic rings. The van der Waals surface area contributed by atoms with Crippen molar-refractivity contribution in [1.29, 1.82) is 5.26 Å². The Morgan fingerprint density at radius 3 is 1.73 bits per heavy atom. The van der Waals surface area contributed by atoms with E-state index in [1.165, 1.54) is 10.8 Å². The Bertz CT molecular complexity index is 2160. The summed E-state index contributed by atoms with van der Waals surface area (Å²) < 4.78 is 6.50. The minimum absolute atomic E-state index is 0.601. The molecular formula is C32H19N5. The van der Waals surface area contributed by atoms with Crippen LogP contribution in [-0.2, 0) is 0 Å². The number of aromatic nitrogens is 4. The molecule has 3 aromatic heterocycles. The van der Waals surface area contributed by atoms with Gasteiger partial charge in [0.25, 0.3) is 0 Å². The summed E-state index contributed by atoms with van der Waals surface area (Å²) >= 11 is 0. The molecule has 0 saturated heterocycles. The maximum absolute atomic E-state index is 10.6. The smallest absolute Gasteiger partial charge is 0.220 e. The number of nitrogens with zero attached hydrogens (tertiary/aromatic N) is 5. The normalized spacial score (nSPS) is 11.8. The molecule has 8 rings (SSSR count). The third kappa shape index (κ3) is 2.59. The Hall–Kier alpha value is -5.34. The van der Waals surface area contributed by atoms with Crippen molar-refractivity contribution in [2.45, 2.75) is 0 Å². The minimum atomic E-state index is 0.601. The fourth-order valence-corrected chi connectivity index (χ4v) is 5.79. The van der Waals surface area contributed by atoms with Gasteiger partial charge in [-0.25, -0.2) is 4.98 Å². The van der Waals surface area contributed by atoms with Gasteiger partial charge in [0.2, 0.25) is 5.78 Å². The molecular weight excluding hydrogens is 454 g/mol. The van der Waals surface area contributed by atoms with Crippen LogP contribution in [0.4, 0.5) is 0 Å². The average Bonchev–Trinajstić information content (AvgIpc) is 3.59. The molecule has 0 atom stereocenters. The molecule has 0 aliphatic carbocycles. The van der Waals surface area contributed by atoms with Crippen molar-refractivity contribution in [2.75, 3.05) is 0 Å². The minimum Gasteiger partial charge on any atom is -0.308 e. The second-order valence-corrected chi connectivity index (χ2v) is 9.21. The maximum atomic E-state index is 10.6. The van der Waals surface area contributed by atoms with Crippen molar-refractivity contribution in [3.05, 3.63) is 121 Å². The van der Waals surface area contributed by atoms with Crippen molar-refractivity contribution in [3.8, 4) is 17.4 Å². The van der Waals surface area contributed by atoms with Crippen molar-refractivity contribution in [3.63, 3.8) is 0 Å². The lowest BCUT2D eigenvalue weighted by molar-refractivity contribution is 1.08. The van der Waals surface area contributed by atoms with E-state index in [1.54, 1.807) is 0 Å². The number of nitriles is 1. The Kier molecular flexibility index (Phi) is 3.94. The molecule has 0 aliphatic heterocycles. The molecule has 0 unspecified atom stereocenters. The van der Waals surface area contributed by atoms with Crippen LogP contribution in [0.1, 0.15) is 5.56 Å². The standard InChI is InChI=1S/C32H19N5/c33-20-23-27(35-25-13-4-1-10-21(25)22-11-2-5-14-26(22)35)18-9-19-28(23)36-30-16-7-8-17-31(30)37-29-15-6-3-12-24(29)34-32(36)37/h1-19H. The van der Waals surface area contributed by atoms with Crippen molar-refractivity contribution < 1.29 is 0 Å². The summed E-state index contributed by atoms with van der Waals surface area (Å²) in [6, 6.07) is 41.8. The lowest BCUT2D eigenvalue weighted by atomic mass is 10.1. The van der Waals surface area contributed by atoms with E-state index in [0.29, 0.717) is 5.56 Å². The number of para-hydroxylation sites is 6. The highest BCUT2D eigenvalue weighted by molar-refractivity contribution is 6.09. The van der Waals surface area contributed by atoms with E-state index in [4.69, 9.17) is 4.98 Å². The highest BCUT2D eigenvalue weighted by Crippen LogP contribution is 2.36. The highest BCUT2D eigenvalue weighted by Gasteiger charge is 2.22. The highest BCUT2D eigenvalue weighted by atomic mass is 15.2. The summed E-state index contributed by atoms with van der Waals surface area (Å²) in [5.41, 5.74) is 8.44. The van der Waals surface area contributed by atoms with E-state index in [2.05, 4.69) is 74.2 Å². The second-order valence-electron chi connectivity index (χ2n) is 9.21. The van der Waals surface area contributed by atoms with Crippen LogP contribution < -0.4 is 0 Å². The molecule has 0 saturated carbocycles. The fraction of sp³-hybridized carbons (Fsp3) is 0. The van der Waals surface area contributed by atoms with Crippen LogP contribution in [0.15, 0.2) is 115 Å². The van der Waals surface area contributed by atoms with Crippen LogP contribution in [0.3, 0.4) is 0 Å². The summed E-state index contributed by atoms with van der Waals surface area (Å²) in [6.07, 6.45) is 0.